The van der Waals surface area contributed by atoms with Crippen molar-refractivity contribution in [1.29, 1.82) is 0 Å². The Morgan fingerprint density at radius 2 is 1.94 bits per heavy atom. The fraction of sp³-hybridized carbons (Fsp3) is 0.0909. The maximum Gasteiger partial charge on any atom is 0.224 e. The van der Waals surface area contributed by atoms with Crippen LogP contribution in [-0.4, -0.2) is 9.97 Å². The molecule has 1 N–H and O–H groups in total. The van der Waals surface area contributed by atoms with Gasteiger partial charge in [0.1, 0.15) is 11.6 Å². The Hall–Kier alpha value is -1.68. The van der Waals surface area contributed by atoms with E-state index in [0.717, 1.165) is 5.56 Å². The Kier molecular flexibility index (Phi) is 3.31. The average molecular weight is 238 g/mol. The SMILES string of the molecule is Fc1ccc(CNc2ccnc(Cl)n2)cc1. The molecule has 0 bridgehead atoms. The molecule has 1 aromatic heterocycles. The highest BCUT2D eigenvalue weighted by Crippen LogP contribution is 2.08. The molecule has 0 saturated heterocycles. The molecule has 0 aliphatic heterocycles. The van der Waals surface area contributed by atoms with Gasteiger partial charge in [0.05, 0.1) is 0 Å². The Balaban J connectivity index is 1.99. The molecular weight excluding hydrogens is 229 g/mol. The summed E-state index contributed by atoms with van der Waals surface area (Å²) in [5.74, 6) is 0.401. The van der Waals surface area contributed by atoms with Crippen molar-refractivity contribution in [1.82, 2.24) is 9.97 Å². The second kappa shape index (κ2) is 4.90. The molecule has 0 aliphatic carbocycles. The number of aromatic nitrogens is 2. The van der Waals surface area contributed by atoms with E-state index in [4.69, 9.17) is 11.6 Å². The van der Waals surface area contributed by atoms with Crippen LogP contribution in [0.3, 0.4) is 0 Å². The molecule has 2 aromatic rings. The van der Waals surface area contributed by atoms with Crippen molar-refractivity contribution < 1.29 is 4.39 Å². The van der Waals surface area contributed by atoms with Crippen LogP contribution in [0, 0.1) is 5.82 Å². The molecule has 0 unspecified atom stereocenters. The minimum absolute atomic E-state index is 0.198. The van der Waals surface area contributed by atoms with Crippen molar-refractivity contribution in [2.75, 3.05) is 5.32 Å². The van der Waals surface area contributed by atoms with Crippen molar-refractivity contribution in [3.8, 4) is 0 Å². The lowest BCUT2D eigenvalue weighted by atomic mass is 10.2. The second-order valence-corrected chi connectivity index (χ2v) is 3.53. The van der Waals surface area contributed by atoms with E-state index >= 15 is 0 Å². The number of hydrogen-bond donors (Lipinski definition) is 1. The molecule has 0 fully saturated rings. The predicted octanol–water partition coefficient (Wildman–Crippen LogP) is 2.88. The third-order valence-corrected chi connectivity index (χ3v) is 2.20. The number of benzene rings is 1. The third kappa shape index (κ3) is 2.90. The van der Waals surface area contributed by atoms with Gasteiger partial charge in [0.25, 0.3) is 0 Å². The first kappa shape index (κ1) is 10.8. The average Bonchev–Trinajstić information content (AvgIpc) is 2.28. The normalized spacial score (nSPS) is 10.1. The number of anilines is 1. The van der Waals surface area contributed by atoms with Gasteiger partial charge in [-0.05, 0) is 35.4 Å². The number of nitrogens with one attached hydrogen (secondary N) is 1. The Morgan fingerprint density at radius 1 is 1.19 bits per heavy atom. The van der Waals surface area contributed by atoms with E-state index in [1.165, 1.54) is 12.1 Å². The van der Waals surface area contributed by atoms with Gasteiger partial charge in [-0.1, -0.05) is 12.1 Å². The molecule has 2 rings (SSSR count). The first-order valence-electron chi connectivity index (χ1n) is 4.71. The zero-order valence-electron chi connectivity index (χ0n) is 8.32. The highest BCUT2D eigenvalue weighted by atomic mass is 35.5. The highest BCUT2D eigenvalue weighted by molar-refractivity contribution is 6.28. The third-order valence-electron chi connectivity index (χ3n) is 2.01. The van der Waals surface area contributed by atoms with E-state index in [2.05, 4.69) is 15.3 Å². The summed E-state index contributed by atoms with van der Waals surface area (Å²) < 4.78 is 12.6. The van der Waals surface area contributed by atoms with Gasteiger partial charge in [0.2, 0.25) is 5.28 Å². The lowest BCUT2D eigenvalue weighted by Gasteiger charge is -2.05. The van der Waals surface area contributed by atoms with Crippen molar-refractivity contribution in [3.63, 3.8) is 0 Å². The molecule has 3 nitrogen and oxygen atoms in total. The van der Waals surface area contributed by atoms with E-state index in [0.29, 0.717) is 12.4 Å². The minimum atomic E-state index is -0.242. The van der Waals surface area contributed by atoms with Crippen LogP contribution in [0.15, 0.2) is 36.5 Å². The molecule has 82 valence electrons. The van der Waals surface area contributed by atoms with Crippen LogP contribution in [0.4, 0.5) is 10.2 Å². The Labute approximate surface area is 97.3 Å². The van der Waals surface area contributed by atoms with E-state index < -0.39 is 0 Å². The van der Waals surface area contributed by atoms with Gasteiger partial charge in [-0.3, -0.25) is 0 Å². The van der Waals surface area contributed by atoms with E-state index in [-0.39, 0.29) is 11.1 Å². The monoisotopic (exact) mass is 237 g/mol. The van der Waals surface area contributed by atoms with Gasteiger partial charge >= 0.3 is 0 Å². The molecule has 0 amide bonds. The van der Waals surface area contributed by atoms with Crippen LogP contribution in [0.1, 0.15) is 5.56 Å². The van der Waals surface area contributed by atoms with Crippen molar-refractivity contribution >= 4 is 17.4 Å². The lowest BCUT2D eigenvalue weighted by Crippen LogP contribution is -2.01. The molecule has 0 saturated carbocycles. The van der Waals surface area contributed by atoms with E-state index in [1.54, 1.807) is 24.4 Å². The number of nitrogens with zero attached hydrogens (tertiary/aromatic N) is 2. The standard InChI is InChI=1S/C11H9ClFN3/c12-11-14-6-5-10(16-11)15-7-8-1-3-9(13)4-2-8/h1-6H,7H2,(H,14,15,16). The zero-order chi connectivity index (χ0) is 11.4. The van der Waals surface area contributed by atoms with Crippen LogP contribution >= 0.6 is 11.6 Å². The van der Waals surface area contributed by atoms with E-state index in [1.807, 2.05) is 0 Å². The second-order valence-electron chi connectivity index (χ2n) is 3.19. The van der Waals surface area contributed by atoms with Gasteiger partial charge in [0, 0.05) is 12.7 Å². The minimum Gasteiger partial charge on any atom is -0.366 e. The molecule has 1 heterocycles. The molecule has 0 radical (unpaired) electrons. The summed E-state index contributed by atoms with van der Waals surface area (Å²) >= 11 is 5.64. The molecular formula is C11H9ClFN3. The number of hydrogen-bond acceptors (Lipinski definition) is 3. The summed E-state index contributed by atoms with van der Waals surface area (Å²) in [6.45, 7) is 0.563. The van der Waals surface area contributed by atoms with Gasteiger partial charge in [-0.25, -0.2) is 14.4 Å². The number of halogens is 2. The molecule has 0 spiro atoms. The largest absolute Gasteiger partial charge is 0.366 e. The smallest absolute Gasteiger partial charge is 0.224 e. The van der Waals surface area contributed by atoms with Crippen molar-refractivity contribution in [2.45, 2.75) is 6.54 Å². The zero-order valence-corrected chi connectivity index (χ0v) is 9.08. The predicted molar refractivity (Wildman–Crippen MR) is 60.8 cm³/mol. The van der Waals surface area contributed by atoms with Crippen LogP contribution in [0.5, 0.6) is 0 Å². The van der Waals surface area contributed by atoms with Crippen molar-refractivity contribution in [2.24, 2.45) is 0 Å². The van der Waals surface area contributed by atoms with E-state index in [9.17, 15) is 4.39 Å². The molecule has 1 aromatic carbocycles. The summed E-state index contributed by atoms with van der Waals surface area (Å²) in [7, 11) is 0. The highest BCUT2D eigenvalue weighted by Gasteiger charge is 1.97. The summed E-state index contributed by atoms with van der Waals surface area (Å²) in [6, 6.07) is 7.99. The first-order valence-corrected chi connectivity index (χ1v) is 5.09. The van der Waals surface area contributed by atoms with Gasteiger partial charge in [0.15, 0.2) is 0 Å². The molecule has 5 heteroatoms. The van der Waals surface area contributed by atoms with Gasteiger partial charge in [-0.15, -0.1) is 0 Å². The lowest BCUT2D eigenvalue weighted by molar-refractivity contribution is 0.627. The van der Waals surface area contributed by atoms with Crippen LogP contribution in [0.25, 0.3) is 0 Å². The summed E-state index contributed by atoms with van der Waals surface area (Å²) in [5, 5.41) is 3.26. The fourth-order valence-electron chi connectivity index (χ4n) is 1.23. The van der Waals surface area contributed by atoms with Crippen LogP contribution in [-0.2, 0) is 6.54 Å². The molecule has 16 heavy (non-hydrogen) atoms. The number of rotatable bonds is 3. The Bertz CT molecular complexity index is 473. The Morgan fingerprint density at radius 3 is 2.62 bits per heavy atom. The molecule has 0 atom stereocenters. The topological polar surface area (TPSA) is 37.8 Å². The van der Waals surface area contributed by atoms with Crippen molar-refractivity contribution in [3.05, 3.63) is 53.2 Å². The van der Waals surface area contributed by atoms with Crippen LogP contribution < -0.4 is 5.32 Å². The summed E-state index contributed by atoms with van der Waals surface area (Å²) in [5.41, 5.74) is 0.969. The van der Waals surface area contributed by atoms with Crippen LogP contribution in [0.2, 0.25) is 5.28 Å². The quantitative estimate of drug-likeness (QED) is 0.835. The maximum atomic E-state index is 12.6. The summed E-state index contributed by atoms with van der Waals surface area (Å²) in [4.78, 5) is 7.75. The van der Waals surface area contributed by atoms with Gasteiger partial charge < -0.3 is 5.32 Å². The fourth-order valence-corrected chi connectivity index (χ4v) is 1.38. The first-order chi connectivity index (χ1) is 7.74. The molecule has 0 aliphatic rings. The van der Waals surface area contributed by atoms with Gasteiger partial charge in [-0.2, -0.15) is 0 Å². The summed E-state index contributed by atoms with van der Waals surface area (Å²) in [6.07, 6.45) is 1.57. The maximum absolute atomic E-state index is 12.6.